The number of likely N-dealkylation sites (tertiary alicyclic amines) is 1. The summed E-state index contributed by atoms with van der Waals surface area (Å²) in [6.07, 6.45) is 4.39. The molecule has 0 bridgehead atoms. The van der Waals surface area contributed by atoms with Gasteiger partial charge in [-0.15, -0.1) is 0 Å². The number of nitrogens with zero attached hydrogens (tertiary/aromatic N) is 1. The summed E-state index contributed by atoms with van der Waals surface area (Å²) >= 11 is 0. The van der Waals surface area contributed by atoms with E-state index in [1.54, 1.807) is 17.0 Å². The van der Waals surface area contributed by atoms with Gasteiger partial charge in [0.2, 0.25) is 0 Å². The molecule has 0 aliphatic carbocycles. The minimum absolute atomic E-state index is 0.478. The number of amides is 1. The van der Waals surface area contributed by atoms with Crippen molar-refractivity contribution < 1.29 is 9.18 Å². The lowest BCUT2D eigenvalue weighted by molar-refractivity contribution is -0.129. The summed E-state index contributed by atoms with van der Waals surface area (Å²) in [5.74, 6) is -1.15. The van der Waals surface area contributed by atoms with Crippen molar-refractivity contribution in [3.8, 4) is 0 Å². The van der Waals surface area contributed by atoms with Gasteiger partial charge < -0.3 is 4.90 Å². The van der Waals surface area contributed by atoms with Crippen LogP contribution in [0.4, 0.5) is 4.39 Å². The molecule has 0 saturated carbocycles. The Bertz CT molecular complexity index is 407. The Morgan fingerprint density at radius 1 is 1.12 bits per heavy atom. The van der Waals surface area contributed by atoms with Crippen LogP contribution in [0.1, 0.15) is 24.8 Å². The van der Waals surface area contributed by atoms with Crippen molar-refractivity contribution in [2.45, 2.75) is 19.3 Å². The monoisotopic (exact) mass is 233 g/mol. The second-order valence-electron chi connectivity index (χ2n) is 4.26. The molecule has 0 N–H and O–H groups in total. The summed E-state index contributed by atoms with van der Waals surface area (Å²) in [6.45, 7) is 1.35. The van der Waals surface area contributed by atoms with Crippen LogP contribution in [0, 0.1) is 0 Å². The second-order valence-corrected chi connectivity index (χ2v) is 4.26. The fraction of sp³-hybridized carbons (Fsp3) is 0.357. The third-order valence-corrected chi connectivity index (χ3v) is 2.94. The lowest BCUT2D eigenvalue weighted by Crippen LogP contribution is -2.35. The molecule has 0 spiro atoms. The van der Waals surface area contributed by atoms with E-state index in [0.29, 0.717) is 13.1 Å². The standard InChI is InChI=1S/C14H16FNO/c15-13(11-12-7-3-1-4-8-12)14(17)16-9-5-2-6-10-16/h1,3-4,7-8,11H,2,5-6,9-10H2/b13-11-. The molecule has 2 rings (SSSR count). The zero-order valence-electron chi connectivity index (χ0n) is 9.73. The molecule has 1 aromatic carbocycles. The minimum Gasteiger partial charge on any atom is -0.337 e. The summed E-state index contributed by atoms with van der Waals surface area (Å²) in [5.41, 5.74) is 0.718. The molecule has 0 radical (unpaired) electrons. The maximum atomic E-state index is 13.7. The first-order valence-corrected chi connectivity index (χ1v) is 5.99. The van der Waals surface area contributed by atoms with Gasteiger partial charge in [-0.1, -0.05) is 30.3 Å². The van der Waals surface area contributed by atoms with Crippen LogP contribution in [0.15, 0.2) is 36.2 Å². The van der Waals surface area contributed by atoms with Crippen LogP contribution in [0.5, 0.6) is 0 Å². The molecule has 1 aromatic rings. The molecule has 17 heavy (non-hydrogen) atoms. The highest BCUT2D eigenvalue weighted by molar-refractivity contribution is 5.95. The van der Waals surface area contributed by atoms with Crippen LogP contribution >= 0.6 is 0 Å². The molecule has 0 atom stereocenters. The van der Waals surface area contributed by atoms with Crippen LogP contribution in [0.2, 0.25) is 0 Å². The first-order valence-electron chi connectivity index (χ1n) is 5.99. The normalized spacial score (nSPS) is 17.0. The Morgan fingerprint density at radius 3 is 2.41 bits per heavy atom. The average molecular weight is 233 g/mol. The maximum Gasteiger partial charge on any atom is 0.282 e. The minimum atomic E-state index is -0.668. The number of hydrogen-bond donors (Lipinski definition) is 0. The summed E-state index contributed by atoms with van der Waals surface area (Å²) in [7, 11) is 0. The average Bonchev–Trinajstić information content (AvgIpc) is 2.40. The lowest BCUT2D eigenvalue weighted by Gasteiger charge is -2.25. The third-order valence-electron chi connectivity index (χ3n) is 2.94. The summed E-state index contributed by atoms with van der Waals surface area (Å²) < 4.78 is 13.7. The molecule has 90 valence electrons. The van der Waals surface area contributed by atoms with Crippen LogP contribution in [-0.4, -0.2) is 23.9 Å². The first-order chi connectivity index (χ1) is 8.27. The molecule has 1 amide bonds. The van der Waals surface area contributed by atoms with E-state index in [1.165, 1.54) is 6.08 Å². The van der Waals surface area contributed by atoms with E-state index in [0.717, 1.165) is 24.8 Å². The zero-order valence-corrected chi connectivity index (χ0v) is 9.73. The highest BCUT2D eigenvalue weighted by atomic mass is 19.1. The van der Waals surface area contributed by atoms with Gasteiger partial charge in [0.25, 0.3) is 5.91 Å². The summed E-state index contributed by atoms with van der Waals surface area (Å²) in [5, 5.41) is 0. The lowest BCUT2D eigenvalue weighted by atomic mass is 10.1. The number of hydrogen-bond acceptors (Lipinski definition) is 1. The molecule has 1 fully saturated rings. The van der Waals surface area contributed by atoms with Gasteiger partial charge >= 0.3 is 0 Å². The van der Waals surface area contributed by atoms with Gasteiger partial charge in [-0.2, -0.15) is 0 Å². The molecule has 2 nitrogen and oxygen atoms in total. The fourth-order valence-corrected chi connectivity index (χ4v) is 2.01. The Labute approximate surface area is 101 Å². The summed E-state index contributed by atoms with van der Waals surface area (Å²) in [4.78, 5) is 13.4. The molecule has 1 saturated heterocycles. The van der Waals surface area contributed by atoms with E-state index in [9.17, 15) is 9.18 Å². The Morgan fingerprint density at radius 2 is 1.76 bits per heavy atom. The second kappa shape index (κ2) is 5.62. The number of rotatable bonds is 2. The Kier molecular flexibility index (Phi) is 3.91. The quantitative estimate of drug-likeness (QED) is 0.719. The molecule has 0 unspecified atom stereocenters. The molecule has 1 aliphatic heterocycles. The SMILES string of the molecule is O=C(/C(F)=C/c1ccccc1)N1CCCCC1. The van der Waals surface area contributed by atoms with E-state index in [-0.39, 0.29) is 0 Å². The highest BCUT2D eigenvalue weighted by Crippen LogP contribution is 2.15. The first kappa shape index (κ1) is 11.8. The van der Waals surface area contributed by atoms with Crippen LogP contribution in [-0.2, 0) is 4.79 Å². The van der Waals surface area contributed by atoms with E-state index < -0.39 is 11.7 Å². The predicted molar refractivity (Wildman–Crippen MR) is 66.0 cm³/mol. The van der Waals surface area contributed by atoms with E-state index >= 15 is 0 Å². The van der Waals surface area contributed by atoms with Crippen LogP contribution in [0.3, 0.4) is 0 Å². The summed E-state index contributed by atoms with van der Waals surface area (Å²) in [6, 6.07) is 9.07. The van der Waals surface area contributed by atoms with E-state index in [1.807, 2.05) is 18.2 Å². The van der Waals surface area contributed by atoms with Gasteiger partial charge in [-0.05, 0) is 30.9 Å². The van der Waals surface area contributed by atoms with Gasteiger partial charge in [-0.3, -0.25) is 4.79 Å². The van der Waals surface area contributed by atoms with Crippen molar-refractivity contribution in [3.05, 3.63) is 41.7 Å². The van der Waals surface area contributed by atoms with Gasteiger partial charge in [-0.25, -0.2) is 4.39 Å². The van der Waals surface area contributed by atoms with Crippen molar-refractivity contribution in [2.75, 3.05) is 13.1 Å². The van der Waals surface area contributed by atoms with Gasteiger partial charge in [0.05, 0.1) is 0 Å². The fourth-order valence-electron chi connectivity index (χ4n) is 2.01. The highest BCUT2D eigenvalue weighted by Gasteiger charge is 2.19. The number of benzene rings is 1. The molecule has 0 aromatic heterocycles. The Balaban J connectivity index is 2.06. The van der Waals surface area contributed by atoms with Crippen molar-refractivity contribution >= 4 is 12.0 Å². The number of piperidine rings is 1. The molecule has 1 aliphatic rings. The molecule has 1 heterocycles. The van der Waals surface area contributed by atoms with Crippen molar-refractivity contribution in [2.24, 2.45) is 0 Å². The Hall–Kier alpha value is -1.64. The van der Waals surface area contributed by atoms with Gasteiger partial charge in [0, 0.05) is 13.1 Å². The zero-order chi connectivity index (χ0) is 12.1. The van der Waals surface area contributed by atoms with E-state index in [4.69, 9.17) is 0 Å². The maximum absolute atomic E-state index is 13.7. The topological polar surface area (TPSA) is 20.3 Å². The number of halogens is 1. The number of carbonyl (C=O) groups excluding carboxylic acids is 1. The van der Waals surface area contributed by atoms with Gasteiger partial charge in [0.15, 0.2) is 5.83 Å². The van der Waals surface area contributed by atoms with Crippen molar-refractivity contribution in [3.63, 3.8) is 0 Å². The van der Waals surface area contributed by atoms with Crippen molar-refractivity contribution in [1.29, 1.82) is 0 Å². The largest absolute Gasteiger partial charge is 0.337 e. The molecular weight excluding hydrogens is 217 g/mol. The third kappa shape index (κ3) is 3.16. The van der Waals surface area contributed by atoms with E-state index in [2.05, 4.69) is 0 Å². The molecule has 3 heteroatoms. The number of carbonyl (C=O) groups is 1. The predicted octanol–water partition coefficient (Wildman–Crippen LogP) is 3.01. The molecular formula is C14H16FNO. The van der Waals surface area contributed by atoms with Gasteiger partial charge in [0.1, 0.15) is 0 Å². The van der Waals surface area contributed by atoms with Crippen LogP contribution < -0.4 is 0 Å². The van der Waals surface area contributed by atoms with Crippen molar-refractivity contribution in [1.82, 2.24) is 4.90 Å². The smallest absolute Gasteiger partial charge is 0.282 e. The van der Waals surface area contributed by atoms with Crippen LogP contribution in [0.25, 0.3) is 6.08 Å².